The molecule has 0 bridgehead atoms. The van der Waals surface area contributed by atoms with E-state index >= 15 is 0 Å². The van der Waals surface area contributed by atoms with Gasteiger partial charge in [0.1, 0.15) is 0 Å². The van der Waals surface area contributed by atoms with Crippen molar-refractivity contribution < 1.29 is 17.9 Å². The van der Waals surface area contributed by atoms with Crippen LogP contribution in [0.4, 0.5) is 5.69 Å². The Kier molecular flexibility index (Phi) is 6.37. The molecule has 0 aliphatic carbocycles. The molecule has 0 aliphatic heterocycles. The van der Waals surface area contributed by atoms with Gasteiger partial charge in [-0.3, -0.25) is 4.79 Å². The maximum absolute atomic E-state index is 12.5. The van der Waals surface area contributed by atoms with Crippen molar-refractivity contribution in [2.45, 2.75) is 11.8 Å². The van der Waals surface area contributed by atoms with Gasteiger partial charge in [0.15, 0.2) is 15.6 Å². The molecule has 0 atom stereocenters. The second-order valence-corrected chi connectivity index (χ2v) is 8.75. The molecule has 0 aromatic heterocycles. The van der Waals surface area contributed by atoms with Crippen LogP contribution >= 0.6 is 39.1 Å². The smallest absolute Gasteiger partial charge is 0.255 e. The highest BCUT2D eigenvalue weighted by molar-refractivity contribution is 9.10. The van der Waals surface area contributed by atoms with E-state index in [1.165, 1.54) is 18.2 Å². The average molecular weight is 467 g/mol. The lowest BCUT2D eigenvalue weighted by molar-refractivity contribution is 0.102. The summed E-state index contributed by atoms with van der Waals surface area (Å²) in [6, 6.07) is 7.22. The lowest BCUT2D eigenvalue weighted by Gasteiger charge is -2.14. The van der Waals surface area contributed by atoms with Crippen molar-refractivity contribution in [3.05, 3.63) is 50.4 Å². The van der Waals surface area contributed by atoms with Crippen LogP contribution in [0.3, 0.4) is 0 Å². The van der Waals surface area contributed by atoms with Crippen LogP contribution < -0.4 is 10.1 Å². The first kappa shape index (κ1) is 20.0. The van der Waals surface area contributed by atoms with E-state index in [1.807, 2.05) is 6.92 Å². The van der Waals surface area contributed by atoms with Crippen LogP contribution in [0.15, 0.2) is 39.7 Å². The van der Waals surface area contributed by atoms with Crippen molar-refractivity contribution in [2.24, 2.45) is 0 Å². The quantitative estimate of drug-likeness (QED) is 0.686. The zero-order valence-corrected chi connectivity index (χ0v) is 17.2. The van der Waals surface area contributed by atoms with Gasteiger partial charge in [0.2, 0.25) is 0 Å². The molecule has 2 rings (SSSR count). The number of carbonyl (C=O) groups excluding carboxylic acids is 1. The molecule has 0 radical (unpaired) electrons. The monoisotopic (exact) mass is 465 g/mol. The lowest BCUT2D eigenvalue weighted by atomic mass is 10.2. The third-order valence-corrected chi connectivity index (χ3v) is 5.52. The molecule has 0 fully saturated rings. The third kappa shape index (κ3) is 4.88. The van der Waals surface area contributed by atoms with E-state index in [0.717, 1.165) is 6.26 Å². The molecule has 0 unspecified atom stereocenters. The molecular weight excluding hydrogens is 453 g/mol. The van der Waals surface area contributed by atoms with Gasteiger partial charge in [-0.15, -0.1) is 0 Å². The van der Waals surface area contributed by atoms with Gasteiger partial charge < -0.3 is 10.1 Å². The van der Waals surface area contributed by atoms with Crippen LogP contribution in [0, 0.1) is 0 Å². The molecule has 9 heteroatoms. The average Bonchev–Trinajstić information content (AvgIpc) is 2.49. The number of halogens is 3. The number of anilines is 1. The van der Waals surface area contributed by atoms with Crippen molar-refractivity contribution in [2.75, 3.05) is 18.2 Å². The molecule has 0 spiro atoms. The number of hydrogen-bond acceptors (Lipinski definition) is 4. The first-order chi connectivity index (χ1) is 11.6. The second-order valence-electron chi connectivity index (χ2n) is 5.07. The Morgan fingerprint density at radius 2 is 1.92 bits per heavy atom. The summed E-state index contributed by atoms with van der Waals surface area (Å²) in [6.45, 7) is 2.20. The normalized spacial score (nSPS) is 11.2. The highest BCUT2D eigenvalue weighted by Crippen LogP contribution is 2.37. The maximum Gasteiger partial charge on any atom is 0.255 e. The molecule has 0 heterocycles. The summed E-state index contributed by atoms with van der Waals surface area (Å²) < 4.78 is 29.6. The molecule has 1 amide bonds. The number of amides is 1. The van der Waals surface area contributed by atoms with Crippen molar-refractivity contribution >= 4 is 60.6 Å². The van der Waals surface area contributed by atoms with Gasteiger partial charge in [0.25, 0.3) is 5.91 Å². The summed E-state index contributed by atoms with van der Waals surface area (Å²) in [4.78, 5) is 12.4. The highest BCUT2D eigenvalue weighted by atomic mass is 79.9. The Balaban J connectivity index is 2.41. The molecule has 2 aromatic carbocycles. The first-order valence-electron chi connectivity index (χ1n) is 7.06. The third-order valence-electron chi connectivity index (χ3n) is 3.14. The molecular formula is C16H14BrCl2NO4S. The topological polar surface area (TPSA) is 72.5 Å². The number of hydrogen-bond donors (Lipinski definition) is 1. The van der Waals surface area contributed by atoms with Crippen LogP contribution in [0.2, 0.25) is 10.0 Å². The fraction of sp³-hybridized carbons (Fsp3) is 0.188. The Morgan fingerprint density at radius 3 is 2.52 bits per heavy atom. The van der Waals surface area contributed by atoms with Gasteiger partial charge in [0.05, 0.1) is 26.7 Å². The molecule has 1 N–H and O–H groups in total. The summed E-state index contributed by atoms with van der Waals surface area (Å²) in [7, 11) is -3.56. The Bertz CT molecular complexity index is 932. The SMILES string of the molecule is CCOc1c(Br)cc(Cl)cc1NC(=O)c1ccc(Cl)c(S(C)(=O)=O)c1. The molecule has 0 saturated carbocycles. The summed E-state index contributed by atoms with van der Waals surface area (Å²) in [6.07, 6.45) is 1.02. The van der Waals surface area contributed by atoms with E-state index in [2.05, 4.69) is 21.2 Å². The van der Waals surface area contributed by atoms with Gasteiger partial charge in [0, 0.05) is 16.8 Å². The van der Waals surface area contributed by atoms with Gasteiger partial charge >= 0.3 is 0 Å². The number of benzene rings is 2. The maximum atomic E-state index is 12.5. The minimum atomic E-state index is -3.56. The standard InChI is InChI=1S/C16H14BrCl2NO4S/c1-3-24-15-11(17)7-10(18)8-13(15)20-16(21)9-4-5-12(19)14(6-9)25(2,22)23/h4-8H,3H2,1-2H3,(H,20,21). The molecule has 2 aromatic rings. The number of rotatable bonds is 5. The number of ether oxygens (including phenoxy) is 1. The molecule has 0 aliphatic rings. The Morgan fingerprint density at radius 1 is 1.24 bits per heavy atom. The van der Waals surface area contributed by atoms with Gasteiger partial charge in [-0.2, -0.15) is 0 Å². The van der Waals surface area contributed by atoms with Crippen LogP contribution in [0.1, 0.15) is 17.3 Å². The Labute approximate surface area is 164 Å². The predicted octanol–water partition coefficient (Wildman–Crippen LogP) is 4.81. The summed E-state index contributed by atoms with van der Waals surface area (Å²) in [5.41, 5.74) is 0.505. The van der Waals surface area contributed by atoms with Crippen LogP contribution in [-0.2, 0) is 9.84 Å². The largest absolute Gasteiger partial charge is 0.491 e. The van der Waals surface area contributed by atoms with E-state index < -0.39 is 15.7 Å². The van der Waals surface area contributed by atoms with Crippen molar-refractivity contribution in [1.29, 1.82) is 0 Å². The lowest BCUT2D eigenvalue weighted by Crippen LogP contribution is -2.14. The van der Waals surface area contributed by atoms with E-state index in [-0.39, 0.29) is 15.5 Å². The number of carbonyl (C=O) groups is 1. The fourth-order valence-corrected chi connectivity index (χ4v) is 4.29. The molecule has 5 nitrogen and oxygen atoms in total. The van der Waals surface area contributed by atoms with Crippen molar-refractivity contribution in [3.63, 3.8) is 0 Å². The predicted molar refractivity (Wildman–Crippen MR) is 103 cm³/mol. The van der Waals surface area contributed by atoms with Gasteiger partial charge in [-0.25, -0.2) is 8.42 Å². The van der Waals surface area contributed by atoms with E-state index in [4.69, 9.17) is 27.9 Å². The van der Waals surface area contributed by atoms with E-state index in [1.54, 1.807) is 12.1 Å². The van der Waals surface area contributed by atoms with Gasteiger partial charge in [-0.1, -0.05) is 23.2 Å². The zero-order valence-electron chi connectivity index (χ0n) is 13.3. The minimum Gasteiger partial charge on any atom is -0.491 e. The number of sulfone groups is 1. The zero-order chi connectivity index (χ0) is 18.8. The molecule has 0 saturated heterocycles. The van der Waals surface area contributed by atoms with Crippen LogP contribution in [-0.4, -0.2) is 27.2 Å². The summed E-state index contributed by atoms with van der Waals surface area (Å²) in [5, 5.41) is 3.13. The fourth-order valence-electron chi connectivity index (χ4n) is 2.07. The van der Waals surface area contributed by atoms with E-state index in [9.17, 15) is 13.2 Å². The minimum absolute atomic E-state index is 0.0551. The number of nitrogens with one attached hydrogen (secondary N) is 1. The first-order valence-corrected chi connectivity index (χ1v) is 10.5. The molecule has 25 heavy (non-hydrogen) atoms. The van der Waals surface area contributed by atoms with E-state index in [0.29, 0.717) is 27.5 Å². The van der Waals surface area contributed by atoms with Crippen LogP contribution in [0.25, 0.3) is 0 Å². The van der Waals surface area contributed by atoms with Crippen molar-refractivity contribution in [1.82, 2.24) is 0 Å². The Hall–Kier alpha value is -1.28. The van der Waals surface area contributed by atoms with Crippen molar-refractivity contribution in [3.8, 4) is 5.75 Å². The second kappa shape index (κ2) is 7.95. The van der Waals surface area contributed by atoms with Crippen LogP contribution in [0.5, 0.6) is 5.75 Å². The summed E-state index contributed by atoms with van der Waals surface area (Å²) >= 11 is 15.3. The summed E-state index contributed by atoms with van der Waals surface area (Å²) in [5.74, 6) is -0.0887. The van der Waals surface area contributed by atoms with Gasteiger partial charge in [-0.05, 0) is 53.2 Å². The molecule has 134 valence electrons. The highest BCUT2D eigenvalue weighted by Gasteiger charge is 2.18.